The van der Waals surface area contributed by atoms with E-state index in [4.69, 9.17) is 18.6 Å². The van der Waals surface area contributed by atoms with Gasteiger partial charge in [-0.2, -0.15) is 0 Å². The van der Waals surface area contributed by atoms with Gasteiger partial charge in [0.15, 0.2) is 6.10 Å². The fourth-order valence-electron chi connectivity index (χ4n) is 5.21. The third-order valence-electron chi connectivity index (χ3n) is 7.51. The van der Waals surface area contributed by atoms with E-state index in [0.29, 0.717) is 6.61 Å². The molecular formula is C36H38Br3N3O4S3. The first-order valence-electron chi connectivity index (χ1n) is 15.4. The second kappa shape index (κ2) is 19.4. The van der Waals surface area contributed by atoms with Crippen molar-refractivity contribution in [3.05, 3.63) is 91.2 Å². The summed E-state index contributed by atoms with van der Waals surface area (Å²) in [4.78, 5) is 9.13. The van der Waals surface area contributed by atoms with Crippen LogP contribution in [0.1, 0.15) is 50.0 Å². The molecule has 13 heteroatoms. The van der Waals surface area contributed by atoms with Crippen LogP contribution >= 0.6 is 83.1 Å². The minimum atomic E-state index is -0.0356. The minimum Gasteiger partial charge on any atom is -0.492 e. The molecule has 6 rings (SSSR count). The summed E-state index contributed by atoms with van der Waals surface area (Å²) >= 11 is 15.8. The number of rotatable bonds is 9. The summed E-state index contributed by atoms with van der Waals surface area (Å²) in [5.74, 6) is 0.874. The van der Waals surface area contributed by atoms with Gasteiger partial charge in [-0.15, -0.1) is 35.3 Å². The van der Waals surface area contributed by atoms with Crippen molar-refractivity contribution in [1.82, 2.24) is 10.3 Å². The fourth-order valence-corrected chi connectivity index (χ4v) is 8.56. The number of ether oxygens (including phenoxy) is 1. The van der Waals surface area contributed by atoms with Crippen LogP contribution in [-0.4, -0.2) is 41.4 Å². The lowest BCUT2D eigenvalue weighted by molar-refractivity contribution is 0.0810. The quantitative estimate of drug-likeness (QED) is 0.134. The maximum Gasteiger partial charge on any atom is 0.162 e. The molecule has 0 N–H and O–H groups in total. The number of hydrogen-bond donors (Lipinski definition) is 0. The van der Waals surface area contributed by atoms with Crippen molar-refractivity contribution < 1.29 is 18.6 Å². The van der Waals surface area contributed by atoms with Gasteiger partial charge in [0.2, 0.25) is 0 Å². The summed E-state index contributed by atoms with van der Waals surface area (Å²) < 4.78 is 18.8. The molecule has 7 nitrogen and oxygen atoms in total. The predicted octanol–water partition coefficient (Wildman–Crippen LogP) is 12.9. The van der Waals surface area contributed by atoms with E-state index in [-0.39, 0.29) is 6.10 Å². The van der Waals surface area contributed by atoms with Crippen LogP contribution in [0.3, 0.4) is 0 Å². The molecule has 1 unspecified atom stereocenters. The standard InChI is InChI=1S/C13H16BrNO2S.C12H12BrNOS.C11H10BrNOS/c1-4-16-13-9(14)5-6-11(18-3)12(13)10-7-8(2)15-17-10;1-3-8-9(13)4-5-11(16-2)12(8)10-6-7-15-14-10;1-7-8(12)3-4-10(15-2)11(7)9-5-6-14-13-9/h5-6,10H,4,7H2,1-3H3;4-7H,3H2,1-2H3;3-6H,1-2H3. The number of hydrogen-bond acceptors (Lipinski definition) is 10. The van der Waals surface area contributed by atoms with Crippen LogP contribution in [0.2, 0.25) is 0 Å². The molecule has 3 aromatic carbocycles. The van der Waals surface area contributed by atoms with Crippen LogP contribution in [0.4, 0.5) is 0 Å². The normalized spacial score (nSPS) is 13.5. The molecular weight excluding hydrogens is 874 g/mol. The highest BCUT2D eigenvalue weighted by Crippen LogP contribution is 2.44. The van der Waals surface area contributed by atoms with Crippen molar-refractivity contribution in [3.8, 4) is 28.3 Å². The van der Waals surface area contributed by atoms with Crippen molar-refractivity contribution in [1.29, 1.82) is 0 Å². The van der Waals surface area contributed by atoms with E-state index in [1.807, 2.05) is 32.0 Å². The molecule has 49 heavy (non-hydrogen) atoms. The Kier molecular flexibility index (Phi) is 15.7. The maximum atomic E-state index is 5.77. The molecule has 0 spiro atoms. The van der Waals surface area contributed by atoms with Crippen LogP contribution in [0.25, 0.3) is 22.5 Å². The maximum absolute atomic E-state index is 5.77. The Hall–Kier alpha value is -2.16. The molecule has 0 fully saturated rings. The minimum absolute atomic E-state index is 0.0356. The topological polar surface area (TPSA) is 82.9 Å². The molecule has 0 radical (unpaired) electrons. The number of thioether (sulfide) groups is 3. The third-order valence-corrected chi connectivity index (χ3v) is 12.1. The van der Waals surface area contributed by atoms with E-state index in [0.717, 1.165) is 60.2 Å². The predicted molar refractivity (Wildman–Crippen MR) is 216 cm³/mol. The number of benzene rings is 3. The Morgan fingerprint density at radius 3 is 1.80 bits per heavy atom. The van der Waals surface area contributed by atoms with Gasteiger partial charge in [-0.25, -0.2) is 0 Å². The van der Waals surface area contributed by atoms with Crippen molar-refractivity contribution in [3.63, 3.8) is 0 Å². The number of aromatic nitrogens is 2. The van der Waals surface area contributed by atoms with Gasteiger partial charge in [-0.05, 0) is 109 Å². The van der Waals surface area contributed by atoms with Crippen LogP contribution in [0, 0.1) is 6.92 Å². The van der Waals surface area contributed by atoms with E-state index in [9.17, 15) is 0 Å². The second-order valence-electron chi connectivity index (χ2n) is 10.5. The SMILES string of the molecule is CCOc1c(Br)ccc(SC)c1C1CC(C)=NO1.CCc1c(Br)ccc(SC)c1-c1ccon1.CSc1ccc(Br)c(C)c1-c1ccon1. The Bertz CT molecular complexity index is 1850. The molecule has 2 aromatic heterocycles. The lowest BCUT2D eigenvalue weighted by Crippen LogP contribution is -2.05. The largest absolute Gasteiger partial charge is 0.492 e. The number of oxime groups is 1. The highest BCUT2D eigenvalue weighted by molar-refractivity contribution is 9.11. The first-order valence-corrected chi connectivity index (χ1v) is 21.4. The smallest absolute Gasteiger partial charge is 0.162 e. The monoisotopic (exact) mass is 909 g/mol. The van der Waals surface area contributed by atoms with Crippen LogP contribution in [-0.2, 0) is 11.3 Å². The van der Waals surface area contributed by atoms with Crippen LogP contribution in [0.15, 0.2) is 103 Å². The summed E-state index contributed by atoms with van der Waals surface area (Å²) in [5, 5.41) is 12.1. The number of nitrogens with zero attached hydrogens (tertiary/aromatic N) is 3. The number of halogens is 3. The molecule has 0 bridgehead atoms. The molecule has 0 aliphatic carbocycles. The Balaban J connectivity index is 0.000000166. The summed E-state index contributed by atoms with van der Waals surface area (Å²) in [6.45, 7) is 8.83. The van der Waals surface area contributed by atoms with Crippen LogP contribution in [0.5, 0.6) is 5.75 Å². The summed E-state index contributed by atoms with van der Waals surface area (Å²) in [7, 11) is 0. The van der Waals surface area contributed by atoms with Crippen molar-refractivity contribution >= 4 is 88.8 Å². The van der Waals surface area contributed by atoms with Crippen molar-refractivity contribution in [2.75, 3.05) is 25.4 Å². The van der Waals surface area contributed by atoms with Gasteiger partial charge < -0.3 is 18.6 Å². The van der Waals surface area contributed by atoms with Crippen molar-refractivity contribution in [2.24, 2.45) is 5.16 Å². The second-order valence-corrected chi connectivity index (χ2v) is 15.6. The van der Waals surface area contributed by atoms with E-state index in [1.54, 1.807) is 47.8 Å². The van der Waals surface area contributed by atoms with Gasteiger partial charge in [0.05, 0.1) is 22.4 Å². The van der Waals surface area contributed by atoms with Gasteiger partial charge in [0, 0.05) is 53.3 Å². The highest BCUT2D eigenvalue weighted by atomic mass is 79.9. The zero-order valence-electron chi connectivity index (χ0n) is 28.3. The fraction of sp³-hybridized carbons (Fsp3) is 0.306. The molecule has 0 saturated carbocycles. The third kappa shape index (κ3) is 9.79. The first-order chi connectivity index (χ1) is 23.7. The van der Waals surface area contributed by atoms with Gasteiger partial charge >= 0.3 is 0 Å². The molecule has 0 amide bonds. The highest BCUT2D eigenvalue weighted by Gasteiger charge is 2.28. The molecule has 1 aliphatic heterocycles. The Morgan fingerprint density at radius 2 is 1.29 bits per heavy atom. The lowest BCUT2D eigenvalue weighted by atomic mass is 10.0. The van der Waals surface area contributed by atoms with Gasteiger partial charge in [-0.1, -0.05) is 54.3 Å². The van der Waals surface area contributed by atoms with E-state index >= 15 is 0 Å². The van der Waals surface area contributed by atoms with E-state index in [1.165, 1.54) is 31.4 Å². The average Bonchev–Trinajstić information content (AvgIpc) is 3.92. The molecule has 3 heterocycles. The molecule has 1 aliphatic rings. The Labute approximate surface area is 326 Å². The van der Waals surface area contributed by atoms with Gasteiger partial charge in [0.1, 0.15) is 29.7 Å². The Morgan fingerprint density at radius 1 is 0.735 bits per heavy atom. The molecule has 5 aromatic rings. The zero-order valence-corrected chi connectivity index (χ0v) is 35.5. The summed E-state index contributed by atoms with van der Waals surface area (Å²) in [6.07, 6.45) is 11.2. The van der Waals surface area contributed by atoms with Crippen LogP contribution < -0.4 is 4.74 Å². The lowest BCUT2D eigenvalue weighted by Gasteiger charge is -2.19. The van der Waals surface area contributed by atoms with Crippen molar-refractivity contribution in [2.45, 2.75) is 61.3 Å². The average molecular weight is 913 g/mol. The van der Waals surface area contributed by atoms with E-state index in [2.05, 4.69) is 126 Å². The summed E-state index contributed by atoms with van der Waals surface area (Å²) in [6, 6.07) is 16.2. The van der Waals surface area contributed by atoms with Gasteiger partial charge in [-0.3, -0.25) is 0 Å². The molecule has 0 saturated heterocycles. The van der Waals surface area contributed by atoms with Gasteiger partial charge in [0.25, 0.3) is 0 Å². The summed E-state index contributed by atoms with van der Waals surface area (Å²) in [5.41, 5.74) is 8.70. The first kappa shape index (κ1) is 39.6. The molecule has 260 valence electrons. The zero-order chi connectivity index (χ0) is 35.5. The molecule has 1 atom stereocenters. The van der Waals surface area contributed by atoms with E-state index < -0.39 is 0 Å².